The Morgan fingerprint density at radius 1 is 0.875 bits per heavy atom. The van der Waals surface area contributed by atoms with Crippen LogP contribution >= 0.6 is 15.9 Å². The Labute approximate surface area is 150 Å². The van der Waals surface area contributed by atoms with Crippen LogP contribution in [0.4, 0.5) is 5.69 Å². The lowest BCUT2D eigenvalue weighted by molar-refractivity contribution is 0.587. The summed E-state index contributed by atoms with van der Waals surface area (Å²) in [7, 11) is -6.19. The molecule has 0 atom stereocenters. The van der Waals surface area contributed by atoms with Gasteiger partial charge in [0.2, 0.25) is 10.0 Å². The molecular formula is C15H17BrN2O4S2. The molecule has 0 aliphatic heterocycles. The molecule has 0 radical (unpaired) electrons. The number of benzene rings is 2. The Balaban J connectivity index is 2.43. The van der Waals surface area contributed by atoms with E-state index in [1.54, 1.807) is 26.0 Å². The van der Waals surface area contributed by atoms with Crippen LogP contribution in [0.15, 0.2) is 50.7 Å². The van der Waals surface area contributed by atoms with Gasteiger partial charge in [0.05, 0.1) is 15.5 Å². The van der Waals surface area contributed by atoms with E-state index < -0.39 is 20.0 Å². The zero-order valence-electron chi connectivity index (χ0n) is 13.3. The minimum atomic E-state index is -3.82. The fourth-order valence-electron chi connectivity index (χ4n) is 2.06. The van der Waals surface area contributed by atoms with Crippen LogP contribution < -0.4 is 9.44 Å². The van der Waals surface area contributed by atoms with Gasteiger partial charge in [-0.1, -0.05) is 22.0 Å². The van der Waals surface area contributed by atoms with Crippen LogP contribution in [0.3, 0.4) is 0 Å². The van der Waals surface area contributed by atoms with Gasteiger partial charge < -0.3 is 0 Å². The van der Waals surface area contributed by atoms with Gasteiger partial charge in [-0.2, -0.15) is 0 Å². The van der Waals surface area contributed by atoms with Gasteiger partial charge in [0.25, 0.3) is 10.0 Å². The standard InChI is InChI=1S/C15H17BrN2O4S2/c1-10-4-5-12(9-15(10)24(21,22)17-3)18-23(19,20)13-6-7-14(16)11(2)8-13/h4-9,17-18H,1-3H3. The van der Waals surface area contributed by atoms with Crippen molar-refractivity contribution >= 4 is 41.7 Å². The summed E-state index contributed by atoms with van der Waals surface area (Å²) in [6.45, 7) is 3.42. The summed E-state index contributed by atoms with van der Waals surface area (Å²) in [5, 5.41) is 0. The maximum Gasteiger partial charge on any atom is 0.261 e. The van der Waals surface area contributed by atoms with Gasteiger partial charge in [0, 0.05) is 4.47 Å². The van der Waals surface area contributed by atoms with Gasteiger partial charge in [-0.05, 0) is 62.4 Å². The molecule has 0 saturated heterocycles. The molecule has 2 N–H and O–H groups in total. The lowest BCUT2D eigenvalue weighted by Gasteiger charge is -2.12. The Morgan fingerprint density at radius 2 is 1.54 bits per heavy atom. The van der Waals surface area contributed by atoms with Crippen molar-refractivity contribution in [1.82, 2.24) is 4.72 Å². The second-order valence-electron chi connectivity index (χ2n) is 5.20. The van der Waals surface area contributed by atoms with E-state index in [4.69, 9.17) is 0 Å². The van der Waals surface area contributed by atoms with E-state index in [2.05, 4.69) is 25.4 Å². The largest absolute Gasteiger partial charge is 0.280 e. The van der Waals surface area contributed by atoms with E-state index >= 15 is 0 Å². The van der Waals surface area contributed by atoms with Crippen molar-refractivity contribution in [3.8, 4) is 0 Å². The molecule has 24 heavy (non-hydrogen) atoms. The van der Waals surface area contributed by atoms with E-state index in [0.717, 1.165) is 10.0 Å². The molecule has 0 heterocycles. The minimum Gasteiger partial charge on any atom is -0.280 e. The monoisotopic (exact) mass is 432 g/mol. The molecule has 0 saturated carbocycles. The van der Waals surface area contributed by atoms with Crippen molar-refractivity contribution in [3.63, 3.8) is 0 Å². The third-order valence-electron chi connectivity index (χ3n) is 3.44. The van der Waals surface area contributed by atoms with Gasteiger partial charge in [-0.25, -0.2) is 21.6 Å². The Bertz CT molecular complexity index is 987. The van der Waals surface area contributed by atoms with Crippen molar-refractivity contribution in [2.75, 3.05) is 11.8 Å². The molecule has 0 fully saturated rings. The predicted octanol–water partition coefficient (Wildman–Crippen LogP) is 2.77. The highest BCUT2D eigenvalue weighted by molar-refractivity contribution is 9.10. The second kappa shape index (κ2) is 6.83. The van der Waals surface area contributed by atoms with Crippen molar-refractivity contribution in [2.45, 2.75) is 23.6 Å². The molecule has 9 heteroatoms. The van der Waals surface area contributed by atoms with Crippen molar-refractivity contribution in [2.24, 2.45) is 0 Å². The summed E-state index contributed by atoms with van der Waals surface area (Å²) in [5.41, 5.74) is 1.47. The molecule has 2 aromatic rings. The van der Waals surface area contributed by atoms with Crippen LogP contribution in [0.25, 0.3) is 0 Å². The third-order valence-corrected chi connectivity index (χ3v) is 7.26. The second-order valence-corrected chi connectivity index (χ2v) is 9.60. The normalized spacial score (nSPS) is 12.2. The summed E-state index contributed by atoms with van der Waals surface area (Å²) >= 11 is 3.32. The number of nitrogens with one attached hydrogen (secondary N) is 2. The van der Waals surface area contributed by atoms with Crippen LogP contribution in [-0.4, -0.2) is 23.9 Å². The summed E-state index contributed by atoms with van der Waals surface area (Å²) < 4.78 is 54.4. The molecule has 0 spiro atoms. The smallest absolute Gasteiger partial charge is 0.261 e. The van der Waals surface area contributed by atoms with Gasteiger partial charge in [0.15, 0.2) is 0 Å². The van der Waals surface area contributed by atoms with Crippen molar-refractivity contribution in [3.05, 3.63) is 52.0 Å². The number of anilines is 1. The molecule has 0 bridgehead atoms. The lowest BCUT2D eigenvalue weighted by atomic mass is 10.2. The first-order valence-corrected chi connectivity index (χ1v) is 10.7. The molecule has 6 nitrogen and oxygen atoms in total. The minimum absolute atomic E-state index is 0.0252. The first-order chi connectivity index (χ1) is 11.1. The molecule has 0 aliphatic carbocycles. The molecular weight excluding hydrogens is 416 g/mol. The molecule has 2 rings (SSSR count). The number of aryl methyl sites for hydroxylation is 2. The van der Waals surface area contributed by atoms with E-state index in [0.29, 0.717) is 5.56 Å². The zero-order chi connectivity index (χ0) is 18.1. The lowest BCUT2D eigenvalue weighted by Crippen LogP contribution is -2.20. The Morgan fingerprint density at radius 3 is 2.12 bits per heavy atom. The first-order valence-electron chi connectivity index (χ1n) is 6.90. The quantitative estimate of drug-likeness (QED) is 0.759. The van der Waals surface area contributed by atoms with Crippen LogP contribution in [0.1, 0.15) is 11.1 Å². The van der Waals surface area contributed by atoms with Crippen LogP contribution in [0.5, 0.6) is 0 Å². The van der Waals surface area contributed by atoms with E-state index in [1.165, 1.54) is 31.3 Å². The average Bonchev–Trinajstić information content (AvgIpc) is 2.51. The number of hydrogen-bond donors (Lipinski definition) is 2. The average molecular weight is 433 g/mol. The third kappa shape index (κ3) is 3.97. The topological polar surface area (TPSA) is 92.3 Å². The number of sulfonamides is 2. The molecule has 0 unspecified atom stereocenters. The van der Waals surface area contributed by atoms with Crippen LogP contribution in [0.2, 0.25) is 0 Å². The van der Waals surface area contributed by atoms with Gasteiger partial charge >= 0.3 is 0 Å². The van der Waals surface area contributed by atoms with E-state index in [9.17, 15) is 16.8 Å². The van der Waals surface area contributed by atoms with Gasteiger partial charge in [0.1, 0.15) is 0 Å². The fourth-order valence-corrected chi connectivity index (χ4v) is 4.44. The fraction of sp³-hybridized carbons (Fsp3) is 0.200. The molecule has 0 amide bonds. The summed E-state index contributed by atoms with van der Waals surface area (Å²) in [6, 6.07) is 9.02. The van der Waals surface area contributed by atoms with Crippen molar-refractivity contribution in [1.29, 1.82) is 0 Å². The van der Waals surface area contributed by atoms with Crippen LogP contribution in [0, 0.1) is 13.8 Å². The molecule has 130 valence electrons. The SMILES string of the molecule is CNS(=O)(=O)c1cc(NS(=O)(=O)c2ccc(Br)c(C)c2)ccc1C. The number of hydrogen-bond acceptors (Lipinski definition) is 4. The summed E-state index contributed by atoms with van der Waals surface area (Å²) in [4.78, 5) is 0.124. The van der Waals surface area contributed by atoms with Gasteiger partial charge in [-0.3, -0.25) is 4.72 Å². The zero-order valence-corrected chi connectivity index (χ0v) is 16.5. The van der Waals surface area contributed by atoms with Crippen LogP contribution in [-0.2, 0) is 20.0 Å². The predicted molar refractivity (Wildman–Crippen MR) is 97.1 cm³/mol. The van der Waals surface area contributed by atoms with E-state index in [-0.39, 0.29) is 15.5 Å². The maximum atomic E-state index is 12.5. The number of rotatable bonds is 5. The van der Waals surface area contributed by atoms with Gasteiger partial charge in [-0.15, -0.1) is 0 Å². The Hall–Kier alpha value is -1.42. The highest BCUT2D eigenvalue weighted by atomic mass is 79.9. The van der Waals surface area contributed by atoms with E-state index in [1.807, 2.05) is 0 Å². The summed E-state index contributed by atoms with van der Waals surface area (Å²) in [5.74, 6) is 0. The number of halogens is 1. The molecule has 0 aromatic heterocycles. The van der Waals surface area contributed by atoms with Crippen molar-refractivity contribution < 1.29 is 16.8 Å². The molecule has 2 aromatic carbocycles. The maximum absolute atomic E-state index is 12.5. The highest BCUT2D eigenvalue weighted by Crippen LogP contribution is 2.24. The Kier molecular flexibility index (Phi) is 5.38. The first kappa shape index (κ1) is 18.9. The summed E-state index contributed by atoms with van der Waals surface area (Å²) in [6.07, 6.45) is 0. The highest BCUT2D eigenvalue weighted by Gasteiger charge is 2.19. The molecule has 0 aliphatic rings.